The Morgan fingerprint density at radius 3 is 3.22 bits per heavy atom. The van der Waals surface area contributed by atoms with Gasteiger partial charge in [-0.05, 0) is 6.08 Å². The van der Waals surface area contributed by atoms with Crippen LogP contribution in [0.5, 0.6) is 0 Å². The van der Waals surface area contributed by atoms with Gasteiger partial charge in [-0.2, -0.15) is 5.10 Å². The number of allylic oxidation sites excluding steroid dienone is 1. The molecule has 0 aliphatic carbocycles. The van der Waals surface area contributed by atoms with Crippen molar-refractivity contribution >= 4 is 6.21 Å². The normalized spacial score (nSPS) is 15.3. The number of hydrazone groups is 1. The Labute approximate surface area is 54.3 Å². The van der Waals surface area contributed by atoms with Crippen molar-refractivity contribution in [3.05, 3.63) is 24.9 Å². The molecule has 0 fully saturated rings. The predicted octanol–water partition coefficient (Wildman–Crippen LogP) is 0.492. The van der Waals surface area contributed by atoms with Crippen LogP contribution in [0.3, 0.4) is 0 Å². The molecule has 0 atom stereocenters. The number of nitrogens with zero attached hydrogens (tertiary/aromatic N) is 2. The van der Waals surface area contributed by atoms with Crippen molar-refractivity contribution in [2.45, 2.75) is 0 Å². The Kier molecular flexibility index (Phi) is 1.90. The molecule has 0 unspecified atom stereocenters. The third-order valence-corrected chi connectivity index (χ3v) is 0.914. The molecule has 0 aromatic heterocycles. The molecule has 0 spiro atoms. The van der Waals surface area contributed by atoms with E-state index in [4.69, 9.17) is 0 Å². The monoisotopic (exact) mass is 123 g/mol. The highest BCUT2D eigenvalue weighted by Gasteiger charge is 1.92. The van der Waals surface area contributed by atoms with Gasteiger partial charge in [0.2, 0.25) is 0 Å². The van der Waals surface area contributed by atoms with E-state index in [0.29, 0.717) is 0 Å². The maximum atomic E-state index is 3.96. The molecule has 3 heteroatoms. The summed E-state index contributed by atoms with van der Waals surface area (Å²) in [6, 6.07) is 0. The molecule has 9 heavy (non-hydrogen) atoms. The van der Waals surface area contributed by atoms with E-state index >= 15 is 0 Å². The smallest absolute Gasteiger partial charge is 0.0762 e. The Bertz CT molecular complexity index is 146. The molecule has 3 nitrogen and oxygen atoms in total. The second kappa shape index (κ2) is 2.91. The van der Waals surface area contributed by atoms with Crippen molar-refractivity contribution in [3.8, 4) is 0 Å². The Morgan fingerprint density at radius 1 is 1.78 bits per heavy atom. The van der Waals surface area contributed by atoms with Gasteiger partial charge in [-0.25, -0.2) is 5.12 Å². The maximum Gasteiger partial charge on any atom is 0.0762 e. The summed E-state index contributed by atoms with van der Waals surface area (Å²) in [7, 11) is 0. The highest BCUT2D eigenvalue weighted by atomic mass is 15.7. The lowest BCUT2D eigenvalue weighted by atomic mass is 10.6. The highest BCUT2D eigenvalue weighted by molar-refractivity contribution is 5.71. The van der Waals surface area contributed by atoms with Crippen LogP contribution in [0.4, 0.5) is 0 Å². The first-order chi connectivity index (χ1) is 4.43. The fourth-order valence-electron chi connectivity index (χ4n) is 0.547. The van der Waals surface area contributed by atoms with Crippen LogP contribution in [-0.4, -0.2) is 17.9 Å². The summed E-state index contributed by atoms with van der Waals surface area (Å²) < 4.78 is 0. The van der Waals surface area contributed by atoms with E-state index in [1.54, 1.807) is 17.4 Å². The van der Waals surface area contributed by atoms with E-state index in [9.17, 15) is 0 Å². The van der Waals surface area contributed by atoms with Gasteiger partial charge in [-0.1, -0.05) is 6.08 Å². The van der Waals surface area contributed by atoms with Gasteiger partial charge in [0.25, 0.3) is 0 Å². The van der Waals surface area contributed by atoms with Gasteiger partial charge in [0, 0.05) is 6.20 Å². The van der Waals surface area contributed by atoms with Gasteiger partial charge in [0.05, 0.1) is 12.8 Å². The SMILES string of the molecule is C=CCN1N=CC=CN1. The predicted molar refractivity (Wildman–Crippen MR) is 37.7 cm³/mol. The molecule has 0 aromatic rings. The summed E-state index contributed by atoms with van der Waals surface area (Å²) in [5, 5.41) is 5.65. The molecule has 1 N–H and O–H groups in total. The first-order valence-corrected chi connectivity index (χ1v) is 2.77. The van der Waals surface area contributed by atoms with Crippen LogP contribution in [0.2, 0.25) is 0 Å². The van der Waals surface area contributed by atoms with Gasteiger partial charge in [0.1, 0.15) is 0 Å². The van der Waals surface area contributed by atoms with Gasteiger partial charge in [-0.3, -0.25) is 5.43 Å². The molecular formula is C6H9N3. The van der Waals surface area contributed by atoms with E-state index in [0.717, 1.165) is 6.54 Å². The van der Waals surface area contributed by atoms with Crippen LogP contribution in [0.15, 0.2) is 30.0 Å². The minimum atomic E-state index is 0.723. The number of hydrazine groups is 1. The van der Waals surface area contributed by atoms with E-state index in [2.05, 4.69) is 17.1 Å². The van der Waals surface area contributed by atoms with Crippen molar-refractivity contribution in [1.29, 1.82) is 0 Å². The van der Waals surface area contributed by atoms with Gasteiger partial charge >= 0.3 is 0 Å². The van der Waals surface area contributed by atoms with Crippen LogP contribution < -0.4 is 5.43 Å². The molecule has 1 aliphatic rings. The lowest BCUT2D eigenvalue weighted by Gasteiger charge is -2.17. The quantitative estimate of drug-likeness (QED) is 0.541. The van der Waals surface area contributed by atoms with Crippen molar-refractivity contribution in [2.24, 2.45) is 5.10 Å². The third-order valence-electron chi connectivity index (χ3n) is 0.914. The first-order valence-electron chi connectivity index (χ1n) is 2.77. The van der Waals surface area contributed by atoms with Crippen molar-refractivity contribution < 1.29 is 0 Å². The summed E-state index contributed by atoms with van der Waals surface area (Å²) in [5.41, 5.74) is 2.90. The fourth-order valence-corrected chi connectivity index (χ4v) is 0.547. The van der Waals surface area contributed by atoms with Gasteiger partial charge in [-0.15, -0.1) is 6.58 Å². The summed E-state index contributed by atoms with van der Waals surface area (Å²) in [6.45, 7) is 4.30. The number of rotatable bonds is 2. The number of hydrogen-bond donors (Lipinski definition) is 1. The van der Waals surface area contributed by atoms with Crippen molar-refractivity contribution in [1.82, 2.24) is 10.5 Å². The minimum absolute atomic E-state index is 0.723. The van der Waals surface area contributed by atoms with E-state index in [1.807, 2.05) is 12.3 Å². The fraction of sp³-hybridized carbons (Fsp3) is 0.167. The van der Waals surface area contributed by atoms with E-state index < -0.39 is 0 Å². The summed E-state index contributed by atoms with van der Waals surface area (Å²) in [5.74, 6) is 0. The molecule has 0 radical (unpaired) electrons. The molecule has 1 aliphatic heterocycles. The topological polar surface area (TPSA) is 27.6 Å². The highest BCUT2D eigenvalue weighted by Crippen LogP contribution is 1.87. The largest absolute Gasteiger partial charge is 0.290 e. The van der Waals surface area contributed by atoms with Crippen LogP contribution in [-0.2, 0) is 0 Å². The zero-order chi connectivity index (χ0) is 6.53. The molecule has 0 saturated carbocycles. The lowest BCUT2D eigenvalue weighted by Crippen LogP contribution is -2.30. The number of nitrogens with one attached hydrogen (secondary N) is 1. The van der Waals surface area contributed by atoms with Crippen LogP contribution in [0.1, 0.15) is 0 Å². The molecular weight excluding hydrogens is 114 g/mol. The maximum absolute atomic E-state index is 3.96. The molecule has 0 saturated heterocycles. The molecule has 1 rings (SSSR count). The average Bonchev–Trinajstić information content (AvgIpc) is 1.91. The average molecular weight is 123 g/mol. The standard InChI is InChI=1S/C6H9N3/c1-2-6-9-7-4-3-5-8-9/h2-5,7H,1,6H2. The van der Waals surface area contributed by atoms with E-state index in [-0.39, 0.29) is 0 Å². The Hall–Kier alpha value is -1.25. The minimum Gasteiger partial charge on any atom is -0.290 e. The van der Waals surface area contributed by atoms with Gasteiger partial charge in [0.15, 0.2) is 0 Å². The van der Waals surface area contributed by atoms with E-state index in [1.165, 1.54) is 0 Å². The van der Waals surface area contributed by atoms with Crippen LogP contribution in [0.25, 0.3) is 0 Å². The van der Waals surface area contributed by atoms with Crippen molar-refractivity contribution in [3.63, 3.8) is 0 Å². The molecule has 48 valence electrons. The van der Waals surface area contributed by atoms with Crippen LogP contribution in [0, 0.1) is 0 Å². The molecule has 0 amide bonds. The third kappa shape index (κ3) is 1.60. The number of hydrogen-bond acceptors (Lipinski definition) is 3. The molecule has 0 aromatic carbocycles. The van der Waals surface area contributed by atoms with Gasteiger partial charge < -0.3 is 0 Å². The Morgan fingerprint density at radius 2 is 2.67 bits per heavy atom. The first kappa shape index (κ1) is 5.88. The second-order valence-electron chi connectivity index (χ2n) is 1.62. The second-order valence-corrected chi connectivity index (χ2v) is 1.62. The lowest BCUT2D eigenvalue weighted by molar-refractivity contribution is 0.259. The molecule has 0 bridgehead atoms. The summed E-state index contributed by atoms with van der Waals surface area (Å²) >= 11 is 0. The zero-order valence-electron chi connectivity index (χ0n) is 5.12. The van der Waals surface area contributed by atoms with Crippen molar-refractivity contribution in [2.75, 3.05) is 6.54 Å². The molecule has 1 heterocycles. The van der Waals surface area contributed by atoms with Crippen LogP contribution >= 0.6 is 0 Å². The summed E-state index contributed by atoms with van der Waals surface area (Å²) in [6.07, 6.45) is 7.15. The Balaban J connectivity index is 2.36. The zero-order valence-corrected chi connectivity index (χ0v) is 5.12. The summed E-state index contributed by atoms with van der Waals surface area (Å²) in [4.78, 5) is 0.